The summed E-state index contributed by atoms with van der Waals surface area (Å²) in [6.45, 7) is 0. The number of thiophene rings is 1. The third kappa shape index (κ3) is 3.44. The highest BCUT2D eigenvalue weighted by molar-refractivity contribution is 7.98. The van der Waals surface area contributed by atoms with Crippen molar-refractivity contribution in [3.8, 4) is 17.1 Å². The molecule has 0 fully saturated rings. The molecule has 2 N–H and O–H groups in total. The number of ether oxygens (including phenoxy) is 1. The van der Waals surface area contributed by atoms with Gasteiger partial charge in [0.05, 0.1) is 23.8 Å². The number of nitrogen functional groups attached to an aromatic ring is 1. The second kappa shape index (κ2) is 7.64. The van der Waals surface area contributed by atoms with Gasteiger partial charge in [-0.15, -0.1) is 11.3 Å². The lowest BCUT2D eigenvalue weighted by atomic mass is 9.97. The highest BCUT2D eigenvalue weighted by atomic mass is 32.2. The Bertz CT molecular complexity index is 1190. The molecule has 1 aromatic carbocycles. The number of anilines is 1. The summed E-state index contributed by atoms with van der Waals surface area (Å²) < 4.78 is 10.8. The lowest BCUT2D eigenvalue weighted by Gasteiger charge is -2.10. The van der Waals surface area contributed by atoms with Crippen molar-refractivity contribution in [2.45, 2.75) is 36.6 Å². The summed E-state index contributed by atoms with van der Waals surface area (Å²) in [5.74, 6) is 2.74. The van der Waals surface area contributed by atoms with E-state index in [4.69, 9.17) is 20.0 Å². The van der Waals surface area contributed by atoms with Gasteiger partial charge in [0.15, 0.2) is 5.16 Å². The molecule has 0 saturated carbocycles. The van der Waals surface area contributed by atoms with Crippen LogP contribution in [0.2, 0.25) is 0 Å². The first-order valence-electron chi connectivity index (χ1n) is 9.39. The molecule has 9 heteroatoms. The summed E-state index contributed by atoms with van der Waals surface area (Å²) in [5, 5.41) is 5.75. The molecule has 3 aromatic heterocycles. The van der Waals surface area contributed by atoms with Crippen molar-refractivity contribution in [1.29, 1.82) is 0 Å². The van der Waals surface area contributed by atoms with Gasteiger partial charge in [-0.25, -0.2) is 9.97 Å². The molecule has 29 heavy (non-hydrogen) atoms. The fourth-order valence-electron chi connectivity index (χ4n) is 3.61. The lowest BCUT2D eigenvalue weighted by Crippen LogP contribution is -2.01. The molecular formula is C20H19N5O2S2. The van der Waals surface area contributed by atoms with E-state index in [1.165, 1.54) is 35.0 Å². The van der Waals surface area contributed by atoms with Crippen LogP contribution in [0, 0.1) is 0 Å². The maximum absolute atomic E-state index is 6.28. The predicted octanol–water partition coefficient (Wildman–Crippen LogP) is 4.50. The van der Waals surface area contributed by atoms with E-state index in [0.29, 0.717) is 34.2 Å². The van der Waals surface area contributed by atoms with Crippen LogP contribution in [-0.2, 0) is 18.6 Å². The first-order valence-corrected chi connectivity index (χ1v) is 11.2. The lowest BCUT2D eigenvalue weighted by molar-refractivity contribution is 0.390. The molecule has 1 aliphatic rings. The van der Waals surface area contributed by atoms with E-state index in [2.05, 4.69) is 15.1 Å². The molecule has 1 aliphatic carbocycles. The van der Waals surface area contributed by atoms with Crippen molar-refractivity contribution in [2.75, 3.05) is 12.8 Å². The van der Waals surface area contributed by atoms with Gasteiger partial charge in [-0.05, 0) is 43.4 Å². The number of hydrogen-bond donors (Lipinski definition) is 1. The minimum Gasteiger partial charge on any atom is -0.496 e. The minimum absolute atomic E-state index is 0.470. The number of aryl methyl sites for hydroxylation is 2. The van der Waals surface area contributed by atoms with Crippen LogP contribution >= 0.6 is 23.1 Å². The van der Waals surface area contributed by atoms with E-state index >= 15 is 0 Å². The smallest absolute Gasteiger partial charge is 0.237 e. The number of fused-ring (bicyclic) bond motifs is 3. The second-order valence-electron chi connectivity index (χ2n) is 6.78. The predicted molar refractivity (Wildman–Crippen MR) is 114 cm³/mol. The highest BCUT2D eigenvalue weighted by Gasteiger charge is 2.20. The van der Waals surface area contributed by atoms with Crippen LogP contribution in [0.3, 0.4) is 0 Å². The van der Waals surface area contributed by atoms with Crippen molar-refractivity contribution in [3.63, 3.8) is 0 Å². The number of aromatic nitrogens is 4. The van der Waals surface area contributed by atoms with Crippen LogP contribution in [-0.4, -0.2) is 27.2 Å². The molecule has 0 unspecified atom stereocenters. The summed E-state index contributed by atoms with van der Waals surface area (Å²) >= 11 is 3.19. The number of thioether (sulfide) groups is 1. The summed E-state index contributed by atoms with van der Waals surface area (Å²) in [7, 11) is 1.62. The minimum atomic E-state index is 0.470. The van der Waals surface area contributed by atoms with Crippen LogP contribution in [0.4, 0.5) is 5.82 Å². The van der Waals surface area contributed by atoms with Gasteiger partial charge < -0.3 is 15.0 Å². The van der Waals surface area contributed by atoms with Crippen molar-refractivity contribution in [3.05, 3.63) is 40.6 Å². The quantitative estimate of drug-likeness (QED) is 0.368. The Morgan fingerprint density at radius 2 is 2.03 bits per heavy atom. The van der Waals surface area contributed by atoms with Crippen molar-refractivity contribution in [2.24, 2.45) is 0 Å². The molecule has 0 amide bonds. The number of para-hydroxylation sites is 1. The van der Waals surface area contributed by atoms with Crippen LogP contribution < -0.4 is 10.5 Å². The molecule has 7 nitrogen and oxygen atoms in total. The second-order valence-corrected chi connectivity index (χ2v) is 8.81. The van der Waals surface area contributed by atoms with Gasteiger partial charge in [0, 0.05) is 4.88 Å². The van der Waals surface area contributed by atoms with E-state index in [0.717, 1.165) is 28.6 Å². The van der Waals surface area contributed by atoms with Crippen molar-refractivity contribution in [1.82, 2.24) is 20.1 Å². The summed E-state index contributed by atoms with van der Waals surface area (Å²) in [4.78, 5) is 16.1. The van der Waals surface area contributed by atoms with Gasteiger partial charge in [0.1, 0.15) is 16.4 Å². The molecule has 0 saturated heterocycles. The van der Waals surface area contributed by atoms with E-state index in [-0.39, 0.29) is 0 Å². The highest BCUT2D eigenvalue weighted by Crippen LogP contribution is 2.38. The first-order chi connectivity index (χ1) is 14.2. The SMILES string of the molecule is COc1ccccc1-c1noc(CSc2nc(N)c3c4c(sc3n2)CCCC4)n1. The molecule has 3 heterocycles. The maximum atomic E-state index is 6.28. The third-order valence-electron chi connectivity index (χ3n) is 4.96. The summed E-state index contributed by atoms with van der Waals surface area (Å²) in [6, 6.07) is 7.58. The molecule has 4 aromatic rings. The average Bonchev–Trinajstić information content (AvgIpc) is 3.36. The topological polar surface area (TPSA) is 100.0 Å². The average molecular weight is 426 g/mol. The van der Waals surface area contributed by atoms with E-state index in [1.54, 1.807) is 18.4 Å². The largest absolute Gasteiger partial charge is 0.496 e. The van der Waals surface area contributed by atoms with Crippen molar-refractivity contribution < 1.29 is 9.26 Å². The van der Waals surface area contributed by atoms with E-state index in [1.807, 2.05) is 24.3 Å². The number of methoxy groups -OCH3 is 1. The van der Waals surface area contributed by atoms with Crippen LogP contribution in [0.25, 0.3) is 21.6 Å². The Kier molecular flexibility index (Phi) is 4.84. The molecule has 0 bridgehead atoms. The monoisotopic (exact) mass is 425 g/mol. The third-order valence-corrected chi connectivity index (χ3v) is 6.98. The number of benzene rings is 1. The zero-order valence-electron chi connectivity index (χ0n) is 15.8. The van der Waals surface area contributed by atoms with Gasteiger partial charge in [-0.2, -0.15) is 4.98 Å². The Labute approximate surface area is 175 Å². The van der Waals surface area contributed by atoms with Crippen molar-refractivity contribution >= 4 is 39.1 Å². The summed E-state index contributed by atoms with van der Waals surface area (Å²) in [6.07, 6.45) is 4.63. The first kappa shape index (κ1) is 18.4. The molecule has 0 atom stereocenters. The number of nitrogens with zero attached hydrogens (tertiary/aromatic N) is 4. The molecule has 0 aliphatic heterocycles. The molecule has 5 rings (SSSR count). The fraction of sp³-hybridized carbons (Fsp3) is 0.300. The Hall–Kier alpha value is -2.65. The molecular weight excluding hydrogens is 406 g/mol. The Morgan fingerprint density at radius 1 is 1.17 bits per heavy atom. The van der Waals surface area contributed by atoms with Gasteiger partial charge in [-0.1, -0.05) is 29.1 Å². The Balaban J connectivity index is 1.37. The van der Waals surface area contributed by atoms with Crippen LogP contribution in [0.1, 0.15) is 29.2 Å². The number of rotatable bonds is 5. The van der Waals surface area contributed by atoms with Gasteiger partial charge >= 0.3 is 0 Å². The molecule has 0 spiro atoms. The van der Waals surface area contributed by atoms with Gasteiger partial charge in [0.25, 0.3) is 0 Å². The molecule has 0 radical (unpaired) electrons. The fourth-order valence-corrected chi connectivity index (χ4v) is 5.62. The van der Waals surface area contributed by atoms with Crippen LogP contribution in [0.15, 0.2) is 33.9 Å². The maximum Gasteiger partial charge on any atom is 0.237 e. The normalized spacial score (nSPS) is 13.6. The summed E-state index contributed by atoms with van der Waals surface area (Å²) in [5.41, 5.74) is 8.43. The standard InChI is InChI=1S/C20H19N5O2S2/c1-26-13-8-4-2-6-11(13)18-22-15(27-25-18)10-28-20-23-17(21)16-12-7-3-5-9-14(12)29-19(16)24-20/h2,4,6,8H,3,5,7,9-10H2,1H3,(H2,21,23,24). The Morgan fingerprint density at radius 3 is 2.93 bits per heavy atom. The van der Waals surface area contributed by atoms with Crippen LogP contribution in [0.5, 0.6) is 5.75 Å². The van der Waals surface area contributed by atoms with Gasteiger partial charge in [0.2, 0.25) is 11.7 Å². The number of nitrogens with two attached hydrogens (primary N) is 1. The molecule has 148 valence electrons. The number of hydrogen-bond acceptors (Lipinski definition) is 9. The van der Waals surface area contributed by atoms with E-state index < -0.39 is 0 Å². The zero-order chi connectivity index (χ0) is 19.8. The zero-order valence-corrected chi connectivity index (χ0v) is 17.5. The van der Waals surface area contributed by atoms with E-state index in [9.17, 15) is 0 Å². The van der Waals surface area contributed by atoms with Gasteiger partial charge in [-0.3, -0.25) is 0 Å².